The first-order valence-electron chi connectivity index (χ1n) is 7.08. The average Bonchev–Trinajstić information content (AvgIpc) is 2.94. The SMILES string of the molecule is NN=c1c2c(=O)nc(-c3ccccc3)c=2c(=O)c2ccccc12. The summed E-state index contributed by atoms with van der Waals surface area (Å²) in [6.07, 6.45) is 0. The predicted molar refractivity (Wildman–Crippen MR) is 87.1 cm³/mol. The van der Waals surface area contributed by atoms with Gasteiger partial charge in [0, 0.05) is 16.3 Å². The molecule has 110 valence electrons. The van der Waals surface area contributed by atoms with E-state index < -0.39 is 5.56 Å². The van der Waals surface area contributed by atoms with Crippen LogP contribution in [0.2, 0.25) is 0 Å². The Morgan fingerprint density at radius 3 is 2.17 bits per heavy atom. The summed E-state index contributed by atoms with van der Waals surface area (Å²) in [5.74, 6) is 5.51. The van der Waals surface area contributed by atoms with Crippen molar-refractivity contribution in [1.29, 1.82) is 0 Å². The molecule has 0 aromatic heterocycles. The topological polar surface area (TPSA) is 85.4 Å². The van der Waals surface area contributed by atoms with E-state index >= 15 is 0 Å². The van der Waals surface area contributed by atoms with Crippen LogP contribution in [0, 0.1) is 10.4 Å². The van der Waals surface area contributed by atoms with Crippen molar-refractivity contribution in [3.05, 3.63) is 91.0 Å². The van der Waals surface area contributed by atoms with Gasteiger partial charge in [-0.15, -0.1) is 0 Å². The highest BCUT2D eigenvalue weighted by atomic mass is 16.1. The molecule has 0 amide bonds. The van der Waals surface area contributed by atoms with E-state index in [4.69, 9.17) is 5.84 Å². The number of nitrogens with two attached hydrogens (primary N) is 1. The molecule has 5 heteroatoms. The van der Waals surface area contributed by atoms with Crippen LogP contribution in [0.1, 0.15) is 0 Å². The van der Waals surface area contributed by atoms with Crippen LogP contribution in [0.25, 0.3) is 22.0 Å². The fourth-order valence-corrected chi connectivity index (χ4v) is 2.98. The Labute approximate surface area is 129 Å². The van der Waals surface area contributed by atoms with Crippen molar-refractivity contribution in [2.75, 3.05) is 0 Å². The molecule has 1 heterocycles. The number of fused-ring (bicyclic) bond motifs is 1. The fraction of sp³-hybridized carbons (Fsp3) is 0. The number of benzene rings is 2. The summed E-state index contributed by atoms with van der Waals surface area (Å²) in [5.41, 5.74) is 0.392. The lowest BCUT2D eigenvalue weighted by Gasteiger charge is -1.99. The first-order valence-corrected chi connectivity index (χ1v) is 7.08. The molecule has 2 aliphatic rings. The molecule has 1 aliphatic carbocycles. The molecule has 0 unspecified atom stereocenters. The van der Waals surface area contributed by atoms with Crippen LogP contribution in [0.4, 0.5) is 0 Å². The van der Waals surface area contributed by atoms with Crippen molar-refractivity contribution in [1.82, 2.24) is 4.98 Å². The van der Waals surface area contributed by atoms with Gasteiger partial charge in [0.2, 0.25) is 0 Å². The monoisotopic (exact) mass is 301 g/mol. The summed E-state index contributed by atoms with van der Waals surface area (Å²) < 4.78 is 0. The molecule has 0 spiro atoms. The van der Waals surface area contributed by atoms with Gasteiger partial charge in [-0.2, -0.15) is 5.10 Å². The zero-order chi connectivity index (χ0) is 16.0. The maximum Gasteiger partial charge on any atom is 0.280 e. The van der Waals surface area contributed by atoms with Crippen molar-refractivity contribution in [3.8, 4) is 11.3 Å². The van der Waals surface area contributed by atoms with Gasteiger partial charge in [-0.3, -0.25) is 9.59 Å². The fourth-order valence-electron chi connectivity index (χ4n) is 2.98. The van der Waals surface area contributed by atoms with E-state index in [1.165, 1.54) is 0 Å². The van der Waals surface area contributed by atoms with Crippen molar-refractivity contribution < 1.29 is 0 Å². The Morgan fingerprint density at radius 2 is 1.48 bits per heavy atom. The minimum atomic E-state index is -0.481. The smallest absolute Gasteiger partial charge is 0.280 e. The van der Waals surface area contributed by atoms with Crippen LogP contribution in [-0.4, -0.2) is 4.98 Å². The van der Waals surface area contributed by atoms with Gasteiger partial charge in [-0.25, -0.2) is 4.98 Å². The van der Waals surface area contributed by atoms with Crippen LogP contribution in [-0.2, 0) is 0 Å². The quantitative estimate of drug-likeness (QED) is 0.420. The first kappa shape index (κ1) is 13.3. The van der Waals surface area contributed by atoms with Gasteiger partial charge in [0.1, 0.15) is 5.36 Å². The molecule has 2 N–H and O–H groups in total. The molecule has 2 aromatic carbocycles. The molecule has 1 aliphatic heterocycles. The number of aromatic nitrogens is 1. The summed E-state index contributed by atoms with van der Waals surface area (Å²) in [6, 6.07) is 16.1. The van der Waals surface area contributed by atoms with Crippen LogP contribution >= 0.6 is 0 Å². The third-order valence-electron chi connectivity index (χ3n) is 3.98. The largest absolute Gasteiger partial charge is 0.323 e. The van der Waals surface area contributed by atoms with Gasteiger partial charge in [0.15, 0.2) is 5.43 Å². The lowest BCUT2D eigenvalue weighted by atomic mass is 10.0. The zero-order valence-corrected chi connectivity index (χ0v) is 12.0. The number of nitrogens with zero attached hydrogens (tertiary/aromatic N) is 2. The van der Waals surface area contributed by atoms with Gasteiger partial charge in [-0.05, 0) is 0 Å². The van der Waals surface area contributed by atoms with E-state index in [0.717, 1.165) is 5.56 Å². The summed E-state index contributed by atoms with van der Waals surface area (Å²) in [6.45, 7) is 0. The minimum Gasteiger partial charge on any atom is -0.323 e. The van der Waals surface area contributed by atoms with Crippen LogP contribution in [0.3, 0.4) is 0 Å². The van der Waals surface area contributed by atoms with Crippen molar-refractivity contribution >= 4 is 10.8 Å². The molecule has 4 rings (SSSR count). The molecular weight excluding hydrogens is 290 g/mol. The minimum absolute atomic E-state index is 0.190. The van der Waals surface area contributed by atoms with E-state index in [0.29, 0.717) is 21.8 Å². The van der Waals surface area contributed by atoms with Crippen LogP contribution in [0.15, 0.2) is 69.3 Å². The standard InChI is InChI=1S/C18H11N3O2/c19-21-16-11-8-4-5-9-12(11)17(22)13-14(16)18(23)20-15(13)10-6-2-1-3-7-10/h1-9H,19H2. The van der Waals surface area contributed by atoms with E-state index in [9.17, 15) is 9.59 Å². The Balaban J connectivity index is 2.39. The summed E-state index contributed by atoms with van der Waals surface area (Å²) in [4.78, 5) is 29.4. The van der Waals surface area contributed by atoms with Gasteiger partial charge >= 0.3 is 0 Å². The second-order valence-corrected chi connectivity index (χ2v) is 5.23. The predicted octanol–water partition coefficient (Wildman–Crippen LogP) is 0.997. The molecule has 0 saturated heterocycles. The van der Waals surface area contributed by atoms with Crippen LogP contribution < -0.4 is 22.2 Å². The maximum absolute atomic E-state index is 12.9. The van der Waals surface area contributed by atoms with Gasteiger partial charge in [-0.1, -0.05) is 54.6 Å². The molecule has 0 fully saturated rings. The molecule has 0 atom stereocenters. The first-order chi connectivity index (χ1) is 11.2. The molecule has 0 saturated carbocycles. The van der Waals surface area contributed by atoms with Crippen LogP contribution in [0.5, 0.6) is 0 Å². The highest BCUT2D eigenvalue weighted by Gasteiger charge is 2.16. The Bertz CT molecular complexity index is 1250. The zero-order valence-electron chi connectivity index (χ0n) is 12.0. The highest BCUT2D eigenvalue weighted by molar-refractivity contribution is 5.83. The third kappa shape index (κ3) is 1.80. The van der Waals surface area contributed by atoms with Crippen molar-refractivity contribution in [2.24, 2.45) is 10.9 Å². The van der Waals surface area contributed by atoms with Crippen molar-refractivity contribution in [2.45, 2.75) is 0 Å². The normalized spacial score (nSPS) is 12.3. The third-order valence-corrected chi connectivity index (χ3v) is 3.98. The van der Waals surface area contributed by atoms with Gasteiger partial charge in [0.05, 0.1) is 16.1 Å². The highest BCUT2D eigenvalue weighted by Crippen LogP contribution is 2.17. The summed E-state index contributed by atoms with van der Waals surface area (Å²) >= 11 is 0. The van der Waals surface area contributed by atoms with Gasteiger partial charge < -0.3 is 5.84 Å². The van der Waals surface area contributed by atoms with E-state index in [1.54, 1.807) is 24.3 Å². The number of hydrogen-bond acceptors (Lipinski definition) is 5. The maximum atomic E-state index is 12.9. The molecule has 2 aromatic rings. The molecule has 23 heavy (non-hydrogen) atoms. The molecule has 0 radical (unpaired) electrons. The second-order valence-electron chi connectivity index (χ2n) is 5.23. The Kier molecular flexibility index (Phi) is 2.81. The average molecular weight is 301 g/mol. The lowest BCUT2D eigenvalue weighted by molar-refractivity contribution is 1.13. The number of hydrogen-bond donors (Lipinski definition) is 1. The summed E-state index contributed by atoms with van der Waals surface area (Å²) in [5, 5.41) is 5.59. The Morgan fingerprint density at radius 1 is 0.826 bits per heavy atom. The Hall–Kier alpha value is -3.34. The van der Waals surface area contributed by atoms with E-state index in [2.05, 4.69) is 10.1 Å². The van der Waals surface area contributed by atoms with Gasteiger partial charge in [0.25, 0.3) is 5.56 Å². The second kappa shape index (κ2) is 4.84. The molecule has 5 nitrogen and oxygen atoms in total. The van der Waals surface area contributed by atoms with Crippen molar-refractivity contribution in [3.63, 3.8) is 0 Å². The molecular formula is C18H11N3O2. The van der Waals surface area contributed by atoms with E-state index in [-0.39, 0.29) is 15.9 Å². The lowest BCUT2D eigenvalue weighted by Crippen LogP contribution is -2.21. The number of rotatable bonds is 1. The summed E-state index contributed by atoms with van der Waals surface area (Å²) in [7, 11) is 0. The van der Waals surface area contributed by atoms with E-state index in [1.807, 2.05) is 30.3 Å². The molecule has 0 bridgehead atoms.